The summed E-state index contributed by atoms with van der Waals surface area (Å²) in [5.41, 5.74) is 8.73. The van der Waals surface area contributed by atoms with Crippen LogP contribution in [-0.2, 0) is 16.9 Å². The van der Waals surface area contributed by atoms with Crippen LogP contribution in [0.4, 0.5) is 8.78 Å². The van der Waals surface area contributed by atoms with Crippen LogP contribution >= 0.6 is 0 Å². The van der Waals surface area contributed by atoms with Crippen LogP contribution in [0.5, 0.6) is 0 Å². The van der Waals surface area contributed by atoms with E-state index in [2.05, 4.69) is 18.4 Å². The Morgan fingerprint density at radius 2 is 1.76 bits per heavy atom. The van der Waals surface area contributed by atoms with Crippen molar-refractivity contribution in [2.75, 3.05) is 13.1 Å². The summed E-state index contributed by atoms with van der Waals surface area (Å²) in [6.45, 7) is 11.4. The van der Waals surface area contributed by atoms with E-state index in [1.54, 1.807) is 23.1 Å². The Balaban J connectivity index is 0.000000323. The van der Waals surface area contributed by atoms with Crippen molar-refractivity contribution in [3.63, 3.8) is 0 Å². The lowest BCUT2D eigenvalue weighted by atomic mass is 9.98. The molecule has 1 aliphatic heterocycles. The number of nitrogens with two attached hydrogens (primary N) is 1. The molecule has 176 valence electrons. The van der Waals surface area contributed by atoms with Gasteiger partial charge in [-0.2, -0.15) is 0 Å². The topological polar surface area (TPSA) is 64.2 Å². The first-order chi connectivity index (χ1) is 15.6. The minimum atomic E-state index is -0.566. The van der Waals surface area contributed by atoms with Crippen LogP contribution < -0.4 is 5.73 Å². The quantitative estimate of drug-likeness (QED) is 0.607. The van der Waals surface area contributed by atoms with E-state index in [1.807, 2.05) is 26.8 Å². The summed E-state index contributed by atoms with van der Waals surface area (Å²) in [5, 5.41) is 0. The van der Waals surface area contributed by atoms with E-state index in [9.17, 15) is 13.6 Å². The van der Waals surface area contributed by atoms with E-state index >= 15 is 0 Å². The second kappa shape index (κ2) is 9.83. The Morgan fingerprint density at radius 1 is 1.09 bits per heavy atom. The zero-order valence-electron chi connectivity index (χ0n) is 19.9. The fourth-order valence-corrected chi connectivity index (χ4v) is 4.27. The molecule has 5 nitrogen and oxygen atoms in total. The Kier molecular flexibility index (Phi) is 7.32. The molecule has 0 saturated carbocycles. The van der Waals surface area contributed by atoms with Gasteiger partial charge in [0.2, 0.25) is 5.91 Å². The highest BCUT2D eigenvalue weighted by molar-refractivity contribution is 5.79. The van der Waals surface area contributed by atoms with E-state index in [4.69, 9.17) is 10.7 Å². The van der Waals surface area contributed by atoms with Gasteiger partial charge in [-0.05, 0) is 51.0 Å². The average molecular weight is 455 g/mol. The number of hydrogen-bond donors (Lipinski definition) is 1. The highest BCUT2D eigenvalue weighted by Gasteiger charge is 2.41. The monoisotopic (exact) mass is 454 g/mol. The standard InChI is InChI=1S/C19H25FN4O.C7H7F/c1-12(2)17-16(13-6-5-7-14(20)10-13)22-18-19(3,4)24(15(25)11-21)9-8-23(17)18;1-6-2-4-7(8)5-3-6/h5-7,10,12H,8-9,11,21H2,1-4H3;2-5H,1H3. The number of imidazole rings is 1. The summed E-state index contributed by atoms with van der Waals surface area (Å²) in [6.07, 6.45) is 0. The van der Waals surface area contributed by atoms with Crippen molar-refractivity contribution in [1.82, 2.24) is 14.5 Å². The van der Waals surface area contributed by atoms with E-state index in [-0.39, 0.29) is 30.0 Å². The van der Waals surface area contributed by atoms with Crippen LogP contribution in [0, 0.1) is 18.6 Å². The van der Waals surface area contributed by atoms with Crippen molar-refractivity contribution in [3.8, 4) is 11.3 Å². The number of fused-ring (bicyclic) bond motifs is 1. The number of carbonyl (C=O) groups is 1. The second-order valence-corrected chi connectivity index (χ2v) is 9.09. The number of aryl methyl sites for hydroxylation is 1. The van der Waals surface area contributed by atoms with Crippen molar-refractivity contribution >= 4 is 5.91 Å². The molecule has 0 atom stereocenters. The lowest BCUT2D eigenvalue weighted by Crippen LogP contribution is -2.53. The van der Waals surface area contributed by atoms with Crippen molar-refractivity contribution in [2.24, 2.45) is 5.73 Å². The van der Waals surface area contributed by atoms with Crippen molar-refractivity contribution in [2.45, 2.75) is 52.6 Å². The van der Waals surface area contributed by atoms with E-state index in [0.29, 0.717) is 13.1 Å². The predicted octanol–water partition coefficient (Wildman–Crippen LogP) is 4.98. The Hall–Kier alpha value is -3.06. The number of carbonyl (C=O) groups excluding carboxylic acids is 1. The van der Waals surface area contributed by atoms with Crippen LogP contribution in [0.15, 0.2) is 48.5 Å². The summed E-state index contributed by atoms with van der Waals surface area (Å²) in [5.74, 6) is 0.515. The minimum Gasteiger partial charge on any atom is -0.327 e. The Labute approximate surface area is 194 Å². The van der Waals surface area contributed by atoms with Gasteiger partial charge in [0.1, 0.15) is 17.5 Å². The molecule has 0 unspecified atom stereocenters. The smallest absolute Gasteiger partial charge is 0.237 e. The summed E-state index contributed by atoms with van der Waals surface area (Å²) in [6, 6.07) is 12.9. The molecule has 3 aromatic rings. The van der Waals surface area contributed by atoms with E-state index in [0.717, 1.165) is 28.3 Å². The fourth-order valence-electron chi connectivity index (χ4n) is 4.27. The maximum absolute atomic E-state index is 13.7. The molecule has 1 aromatic heterocycles. The van der Waals surface area contributed by atoms with Crippen LogP contribution in [0.1, 0.15) is 50.7 Å². The number of hydrogen-bond acceptors (Lipinski definition) is 3. The molecule has 1 aliphatic rings. The molecule has 1 amide bonds. The van der Waals surface area contributed by atoms with Crippen LogP contribution in [0.3, 0.4) is 0 Å². The molecule has 2 N–H and O–H groups in total. The third-order valence-corrected chi connectivity index (χ3v) is 5.91. The molecular weight excluding hydrogens is 422 g/mol. The number of benzene rings is 2. The van der Waals surface area contributed by atoms with Gasteiger partial charge >= 0.3 is 0 Å². The molecule has 33 heavy (non-hydrogen) atoms. The van der Waals surface area contributed by atoms with Gasteiger partial charge in [0.15, 0.2) is 0 Å². The molecule has 0 fully saturated rings. The van der Waals surface area contributed by atoms with Crippen LogP contribution in [0.2, 0.25) is 0 Å². The van der Waals surface area contributed by atoms with Gasteiger partial charge in [0, 0.05) is 24.3 Å². The normalized spacial score (nSPS) is 14.5. The number of halogens is 2. The first-order valence-electron chi connectivity index (χ1n) is 11.2. The minimum absolute atomic E-state index is 0.0159. The molecule has 0 radical (unpaired) electrons. The zero-order chi connectivity index (χ0) is 24.3. The first-order valence-corrected chi connectivity index (χ1v) is 11.2. The lowest BCUT2D eigenvalue weighted by Gasteiger charge is -2.42. The first kappa shape index (κ1) is 24.6. The van der Waals surface area contributed by atoms with Gasteiger partial charge in [-0.1, -0.05) is 43.7 Å². The highest BCUT2D eigenvalue weighted by atomic mass is 19.1. The molecule has 7 heteroatoms. The van der Waals surface area contributed by atoms with Gasteiger partial charge in [0.25, 0.3) is 0 Å². The maximum atomic E-state index is 13.7. The van der Waals surface area contributed by atoms with Crippen molar-refractivity contribution in [3.05, 3.63) is 77.2 Å². The highest BCUT2D eigenvalue weighted by Crippen LogP contribution is 2.38. The molecule has 0 aliphatic carbocycles. The zero-order valence-corrected chi connectivity index (χ0v) is 19.9. The molecular formula is C26H32F2N4O. The maximum Gasteiger partial charge on any atom is 0.237 e. The van der Waals surface area contributed by atoms with Gasteiger partial charge in [-0.3, -0.25) is 4.79 Å². The largest absolute Gasteiger partial charge is 0.327 e. The van der Waals surface area contributed by atoms with Crippen LogP contribution in [-0.4, -0.2) is 33.4 Å². The van der Waals surface area contributed by atoms with Gasteiger partial charge in [-0.25, -0.2) is 13.8 Å². The SMILES string of the molecule is CC(C)c1c(-c2cccc(F)c2)nc2n1CCN(C(=O)CN)C2(C)C.Cc1ccc(F)cc1. The van der Waals surface area contributed by atoms with Crippen molar-refractivity contribution in [1.29, 1.82) is 0 Å². The summed E-state index contributed by atoms with van der Waals surface area (Å²) in [4.78, 5) is 18.9. The number of nitrogens with zero attached hydrogens (tertiary/aromatic N) is 3. The second-order valence-electron chi connectivity index (χ2n) is 9.09. The Morgan fingerprint density at radius 3 is 2.30 bits per heavy atom. The van der Waals surface area contributed by atoms with Gasteiger partial charge in [0.05, 0.1) is 17.8 Å². The van der Waals surface area contributed by atoms with E-state index in [1.165, 1.54) is 24.3 Å². The summed E-state index contributed by atoms with van der Waals surface area (Å²) >= 11 is 0. The molecule has 4 rings (SSSR count). The molecule has 0 bridgehead atoms. The molecule has 2 aromatic carbocycles. The third-order valence-electron chi connectivity index (χ3n) is 5.91. The fraction of sp³-hybridized carbons (Fsp3) is 0.385. The molecule has 0 spiro atoms. The average Bonchev–Trinajstić information content (AvgIpc) is 3.17. The summed E-state index contributed by atoms with van der Waals surface area (Å²) < 4.78 is 28.0. The predicted molar refractivity (Wildman–Crippen MR) is 127 cm³/mol. The Bertz CT molecular complexity index is 1100. The number of aromatic nitrogens is 2. The third kappa shape index (κ3) is 5.14. The molecule has 0 saturated heterocycles. The van der Waals surface area contributed by atoms with Crippen LogP contribution in [0.25, 0.3) is 11.3 Å². The molecule has 2 heterocycles. The number of rotatable bonds is 3. The van der Waals surface area contributed by atoms with E-state index < -0.39 is 5.54 Å². The summed E-state index contributed by atoms with van der Waals surface area (Å²) in [7, 11) is 0. The van der Waals surface area contributed by atoms with Gasteiger partial charge in [-0.15, -0.1) is 0 Å². The van der Waals surface area contributed by atoms with Crippen molar-refractivity contribution < 1.29 is 13.6 Å². The number of amides is 1. The van der Waals surface area contributed by atoms with Gasteiger partial charge < -0.3 is 15.2 Å². The lowest BCUT2D eigenvalue weighted by molar-refractivity contribution is -0.137.